The molecule has 4 heteroatoms. The summed E-state index contributed by atoms with van der Waals surface area (Å²) in [5, 5.41) is 4.45. The van der Waals surface area contributed by atoms with Crippen LogP contribution in [0, 0.1) is 6.92 Å². The van der Waals surface area contributed by atoms with E-state index in [2.05, 4.69) is 79.1 Å². The Bertz CT molecular complexity index is 1050. The molecule has 1 amide bonds. The molecule has 5 rings (SSSR count). The monoisotopic (exact) mass is 369 g/mol. The predicted molar refractivity (Wildman–Crippen MR) is 111 cm³/mol. The fraction of sp³-hybridized carbons (Fsp3) is 0.208. The van der Waals surface area contributed by atoms with Gasteiger partial charge < -0.3 is 9.91 Å². The second-order valence-corrected chi connectivity index (χ2v) is 7.66. The number of fused-ring (bicyclic) bond motifs is 2. The van der Waals surface area contributed by atoms with Crippen LogP contribution in [-0.2, 0) is 11.3 Å². The number of nitrogens with zero attached hydrogens (tertiary/aromatic N) is 2. The fourth-order valence-corrected chi connectivity index (χ4v) is 4.21. The van der Waals surface area contributed by atoms with Crippen molar-refractivity contribution in [1.29, 1.82) is 0 Å². The van der Waals surface area contributed by atoms with Crippen LogP contribution in [0.4, 0.5) is 0 Å². The number of rotatable bonds is 3. The van der Waals surface area contributed by atoms with E-state index in [1.54, 1.807) is 0 Å². The fourth-order valence-electron chi connectivity index (χ4n) is 4.21. The van der Waals surface area contributed by atoms with Crippen LogP contribution in [0.2, 0.25) is 0 Å². The van der Waals surface area contributed by atoms with Gasteiger partial charge in [-0.15, -0.1) is 0 Å². The van der Waals surface area contributed by atoms with Crippen molar-refractivity contribution in [1.82, 2.24) is 15.3 Å². The van der Waals surface area contributed by atoms with Crippen LogP contribution in [0.5, 0.6) is 0 Å². The topological polar surface area (TPSA) is 35.6 Å². The number of carbonyl (C=O) groups is 1. The molecule has 1 N–H and O–H groups in total. The molecule has 4 nitrogen and oxygen atoms in total. The Balaban J connectivity index is 1.37. The smallest absolute Gasteiger partial charge is 0.251 e. The lowest BCUT2D eigenvalue weighted by Crippen LogP contribution is -2.47. The molecule has 0 saturated carbocycles. The molecule has 3 aromatic carbocycles. The van der Waals surface area contributed by atoms with E-state index in [0.717, 1.165) is 12.0 Å². The average molecular weight is 369 g/mol. The molecule has 0 aliphatic carbocycles. The van der Waals surface area contributed by atoms with Gasteiger partial charge in [-0.25, -0.2) is 5.43 Å². The van der Waals surface area contributed by atoms with Gasteiger partial charge in [-0.2, -0.15) is 0 Å². The van der Waals surface area contributed by atoms with E-state index >= 15 is 0 Å². The number of amides is 1. The Morgan fingerprint density at radius 1 is 0.964 bits per heavy atom. The Morgan fingerprint density at radius 2 is 1.75 bits per heavy atom. The Hall–Kier alpha value is -3.11. The van der Waals surface area contributed by atoms with Crippen molar-refractivity contribution in [3.8, 4) is 0 Å². The summed E-state index contributed by atoms with van der Waals surface area (Å²) in [5.74, 6) is 0.151. The SMILES string of the molecule is Cc1ccc(CN2C=CN3NC(c4cccc5ccccc45)CC3C2=O)cc1. The Kier molecular flexibility index (Phi) is 4.14. The van der Waals surface area contributed by atoms with Crippen molar-refractivity contribution in [3.63, 3.8) is 0 Å². The zero-order valence-electron chi connectivity index (χ0n) is 15.9. The van der Waals surface area contributed by atoms with Gasteiger partial charge in [0.1, 0.15) is 6.04 Å². The number of benzene rings is 3. The van der Waals surface area contributed by atoms with Crippen LogP contribution < -0.4 is 5.43 Å². The summed E-state index contributed by atoms with van der Waals surface area (Å²) in [6, 6.07) is 23.1. The third-order valence-electron chi connectivity index (χ3n) is 5.75. The minimum absolute atomic E-state index is 0.129. The summed E-state index contributed by atoms with van der Waals surface area (Å²) in [5.41, 5.74) is 7.15. The van der Waals surface area contributed by atoms with Crippen LogP contribution in [0.25, 0.3) is 10.8 Å². The van der Waals surface area contributed by atoms with E-state index < -0.39 is 0 Å². The van der Waals surface area contributed by atoms with Gasteiger partial charge in [-0.1, -0.05) is 72.3 Å². The van der Waals surface area contributed by atoms with Gasteiger partial charge in [0.25, 0.3) is 5.91 Å². The molecule has 2 atom stereocenters. The summed E-state index contributed by atoms with van der Waals surface area (Å²) in [7, 11) is 0. The Morgan fingerprint density at radius 3 is 2.61 bits per heavy atom. The molecule has 0 aromatic heterocycles. The van der Waals surface area contributed by atoms with E-state index in [0.29, 0.717) is 6.54 Å². The highest BCUT2D eigenvalue weighted by molar-refractivity contribution is 5.87. The molecule has 2 aliphatic heterocycles. The summed E-state index contributed by atoms with van der Waals surface area (Å²) in [6.45, 7) is 2.68. The van der Waals surface area contributed by atoms with Crippen LogP contribution in [-0.4, -0.2) is 21.9 Å². The molecular weight excluding hydrogens is 346 g/mol. The van der Waals surface area contributed by atoms with E-state index in [1.807, 2.05) is 22.3 Å². The van der Waals surface area contributed by atoms with Crippen molar-refractivity contribution in [3.05, 3.63) is 95.8 Å². The van der Waals surface area contributed by atoms with E-state index in [1.165, 1.54) is 21.9 Å². The van der Waals surface area contributed by atoms with Gasteiger partial charge in [0, 0.05) is 12.4 Å². The lowest BCUT2D eigenvalue weighted by atomic mass is 9.95. The average Bonchev–Trinajstić information content (AvgIpc) is 3.16. The minimum atomic E-state index is -0.167. The largest absolute Gasteiger partial charge is 0.311 e. The summed E-state index contributed by atoms with van der Waals surface area (Å²) in [4.78, 5) is 14.9. The summed E-state index contributed by atoms with van der Waals surface area (Å²) >= 11 is 0. The number of hydrogen-bond acceptors (Lipinski definition) is 3. The molecule has 2 unspecified atom stereocenters. The molecule has 1 fully saturated rings. The molecule has 28 heavy (non-hydrogen) atoms. The first-order valence-corrected chi connectivity index (χ1v) is 9.75. The highest BCUT2D eigenvalue weighted by Gasteiger charge is 2.40. The first kappa shape index (κ1) is 17.0. The van der Waals surface area contributed by atoms with E-state index in [9.17, 15) is 4.79 Å². The van der Waals surface area contributed by atoms with Gasteiger partial charge in [-0.05, 0) is 35.2 Å². The quantitative estimate of drug-likeness (QED) is 0.748. The van der Waals surface area contributed by atoms with Crippen LogP contribution in [0.3, 0.4) is 0 Å². The first-order chi connectivity index (χ1) is 13.7. The van der Waals surface area contributed by atoms with Crippen molar-refractivity contribution in [2.24, 2.45) is 0 Å². The zero-order chi connectivity index (χ0) is 19.1. The molecular formula is C24H23N3O. The molecule has 140 valence electrons. The lowest BCUT2D eigenvalue weighted by Gasteiger charge is -2.31. The number of aryl methyl sites for hydroxylation is 1. The van der Waals surface area contributed by atoms with Crippen molar-refractivity contribution >= 4 is 16.7 Å². The van der Waals surface area contributed by atoms with Crippen LogP contribution >= 0.6 is 0 Å². The van der Waals surface area contributed by atoms with Gasteiger partial charge in [0.05, 0.1) is 12.6 Å². The molecule has 2 heterocycles. The number of carbonyl (C=O) groups excluding carboxylic acids is 1. The maximum absolute atomic E-state index is 13.1. The summed E-state index contributed by atoms with van der Waals surface area (Å²) in [6.07, 6.45) is 4.64. The minimum Gasteiger partial charge on any atom is -0.311 e. The molecule has 0 radical (unpaired) electrons. The highest BCUT2D eigenvalue weighted by Crippen LogP contribution is 2.34. The lowest BCUT2D eigenvalue weighted by molar-refractivity contribution is -0.134. The highest BCUT2D eigenvalue weighted by atomic mass is 16.2. The van der Waals surface area contributed by atoms with E-state index in [-0.39, 0.29) is 18.0 Å². The molecule has 2 aliphatic rings. The number of hydrazine groups is 1. The van der Waals surface area contributed by atoms with Gasteiger partial charge in [0.2, 0.25) is 0 Å². The second-order valence-electron chi connectivity index (χ2n) is 7.66. The zero-order valence-corrected chi connectivity index (χ0v) is 15.9. The molecule has 1 saturated heterocycles. The van der Waals surface area contributed by atoms with Crippen LogP contribution in [0.1, 0.15) is 29.2 Å². The molecule has 0 spiro atoms. The normalized spacial score (nSPS) is 21.4. The van der Waals surface area contributed by atoms with Crippen LogP contribution in [0.15, 0.2) is 79.1 Å². The third kappa shape index (κ3) is 2.96. The number of nitrogens with one attached hydrogen (secondary N) is 1. The standard InChI is InChI=1S/C24H23N3O/c1-17-9-11-18(12-10-17)16-26-13-14-27-23(24(26)28)15-22(25-27)21-8-4-6-19-5-2-3-7-20(19)21/h2-14,22-23,25H,15-16H2,1H3. The summed E-state index contributed by atoms with van der Waals surface area (Å²) < 4.78 is 0. The van der Waals surface area contributed by atoms with Gasteiger partial charge >= 0.3 is 0 Å². The van der Waals surface area contributed by atoms with Crippen molar-refractivity contribution < 1.29 is 4.79 Å². The van der Waals surface area contributed by atoms with Gasteiger partial charge in [-0.3, -0.25) is 4.79 Å². The second kappa shape index (κ2) is 6.80. The molecule has 3 aromatic rings. The van der Waals surface area contributed by atoms with Gasteiger partial charge in [0.15, 0.2) is 0 Å². The van der Waals surface area contributed by atoms with Crippen molar-refractivity contribution in [2.45, 2.75) is 32.0 Å². The Labute approximate surface area is 165 Å². The number of hydrogen-bond donors (Lipinski definition) is 1. The van der Waals surface area contributed by atoms with E-state index in [4.69, 9.17) is 0 Å². The third-order valence-corrected chi connectivity index (χ3v) is 5.75. The maximum atomic E-state index is 13.1. The maximum Gasteiger partial charge on any atom is 0.251 e. The van der Waals surface area contributed by atoms with Crippen molar-refractivity contribution in [2.75, 3.05) is 0 Å². The molecule has 0 bridgehead atoms. The first-order valence-electron chi connectivity index (χ1n) is 9.75. The predicted octanol–water partition coefficient (Wildman–Crippen LogP) is 4.28.